The Morgan fingerprint density at radius 3 is 2.65 bits per heavy atom. The molecule has 1 aliphatic heterocycles. The smallest absolute Gasteiger partial charge is 0.243 e. The molecule has 1 aromatic carbocycles. The van der Waals surface area contributed by atoms with Gasteiger partial charge >= 0.3 is 0 Å². The number of aliphatic hydroxyl groups excluding tert-OH is 1. The Balaban J connectivity index is 2.44. The summed E-state index contributed by atoms with van der Waals surface area (Å²) in [5.41, 5.74) is 1.58. The minimum absolute atomic E-state index is 0.0452. The fourth-order valence-corrected chi connectivity index (χ4v) is 4.97. The number of rotatable bonds is 4. The van der Waals surface area contributed by atoms with Gasteiger partial charge in [0.25, 0.3) is 0 Å². The van der Waals surface area contributed by atoms with Gasteiger partial charge in [0.1, 0.15) is 0 Å². The lowest BCUT2D eigenvalue weighted by Crippen LogP contribution is -2.39. The van der Waals surface area contributed by atoms with Gasteiger partial charge < -0.3 is 5.11 Å². The van der Waals surface area contributed by atoms with Gasteiger partial charge in [-0.05, 0) is 56.4 Å². The SMILES string of the molecule is CCC1CCC(C)N1S(=O)(=O)c1ccc(C)c(CO)c1. The van der Waals surface area contributed by atoms with Crippen LogP contribution >= 0.6 is 0 Å². The third-order valence-corrected chi connectivity index (χ3v) is 6.31. The van der Waals surface area contributed by atoms with Crippen LogP contribution in [0.15, 0.2) is 23.1 Å². The summed E-state index contributed by atoms with van der Waals surface area (Å²) in [7, 11) is -3.48. The number of benzene rings is 1. The number of aryl methyl sites for hydroxylation is 1. The van der Waals surface area contributed by atoms with Gasteiger partial charge in [-0.2, -0.15) is 4.31 Å². The summed E-state index contributed by atoms with van der Waals surface area (Å²) in [4.78, 5) is 0.291. The minimum atomic E-state index is -3.48. The molecule has 5 heteroatoms. The zero-order valence-corrected chi connectivity index (χ0v) is 13.2. The first kappa shape index (κ1) is 15.5. The predicted octanol–water partition coefficient (Wildman–Crippen LogP) is 2.44. The van der Waals surface area contributed by atoms with Crippen LogP contribution in [-0.4, -0.2) is 29.9 Å². The molecule has 112 valence electrons. The fraction of sp³-hybridized carbons (Fsp3) is 0.600. The van der Waals surface area contributed by atoms with Gasteiger partial charge in [0.2, 0.25) is 10.0 Å². The van der Waals surface area contributed by atoms with Crippen LogP contribution in [0, 0.1) is 6.92 Å². The number of hydrogen-bond acceptors (Lipinski definition) is 3. The van der Waals surface area contributed by atoms with Gasteiger partial charge in [-0.3, -0.25) is 0 Å². The largest absolute Gasteiger partial charge is 0.392 e. The standard InChI is InChI=1S/C15H23NO3S/c1-4-14-7-6-12(3)16(14)20(18,19)15-8-5-11(2)13(9-15)10-17/h5,8-9,12,14,17H,4,6-7,10H2,1-3H3. The summed E-state index contributed by atoms with van der Waals surface area (Å²) < 4.78 is 27.3. The number of aliphatic hydroxyl groups is 1. The van der Waals surface area contributed by atoms with Crippen molar-refractivity contribution in [2.75, 3.05) is 0 Å². The lowest BCUT2D eigenvalue weighted by Gasteiger charge is -2.27. The lowest BCUT2D eigenvalue weighted by atomic mass is 10.1. The molecular weight excluding hydrogens is 274 g/mol. The van der Waals surface area contributed by atoms with Crippen molar-refractivity contribution in [1.82, 2.24) is 4.31 Å². The van der Waals surface area contributed by atoms with E-state index in [4.69, 9.17) is 0 Å². The molecule has 0 bridgehead atoms. The fourth-order valence-electron chi connectivity index (χ4n) is 2.97. The Bertz CT molecular complexity index is 583. The van der Waals surface area contributed by atoms with Crippen molar-refractivity contribution in [2.24, 2.45) is 0 Å². The van der Waals surface area contributed by atoms with E-state index in [1.165, 1.54) is 0 Å². The zero-order chi connectivity index (χ0) is 14.9. The molecule has 0 radical (unpaired) electrons. The van der Waals surface area contributed by atoms with Crippen LogP contribution in [0.3, 0.4) is 0 Å². The maximum Gasteiger partial charge on any atom is 0.243 e. The first-order valence-corrected chi connectivity index (χ1v) is 8.59. The van der Waals surface area contributed by atoms with Crippen molar-refractivity contribution < 1.29 is 13.5 Å². The molecule has 0 spiro atoms. The van der Waals surface area contributed by atoms with Crippen molar-refractivity contribution >= 4 is 10.0 Å². The van der Waals surface area contributed by atoms with E-state index in [1.807, 2.05) is 20.8 Å². The summed E-state index contributed by atoms with van der Waals surface area (Å²) in [6.07, 6.45) is 2.67. The first-order valence-electron chi connectivity index (χ1n) is 7.15. The van der Waals surface area contributed by atoms with Gasteiger partial charge in [0, 0.05) is 12.1 Å². The molecule has 1 N–H and O–H groups in total. The second-order valence-electron chi connectivity index (χ2n) is 5.57. The molecule has 4 nitrogen and oxygen atoms in total. The molecule has 20 heavy (non-hydrogen) atoms. The van der Waals surface area contributed by atoms with Gasteiger partial charge in [-0.25, -0.2) is 8.42 Å². The number of sulfonamides is 1. The Kier molecular flexibility index (Phi) is 4.52. The van der Waals surface area contributed by atoms with Crippen molar-refractivity contribution in [3.05, 3.63) is 29.3 Å². The third kappa shape index (κ3) is 2.62. The van der Waals surface area contributed by atoms with Crippen molar-refractivity contribution in [3.63, 3.8) is 0 Å². The highest BCUT2D eigenvalue weighted by Gasteiger charge is 2.39. The van der Waals surface area contributed by atoms with Crippen LogP contribution in [0.1, 0.15) is 44.2 Å². The van der Waals surface area contributed by atoms with E-state index in [1.54, 1.807) is 22.5 Å². The summed E-state index contributed by atoms with van der Waals surface area (Å²) >= 11 is 0. The monoisotopic (exact) mass is 297 g/mol. The van der Waals surface area contributed by atoms with Crippen molar-refractivity contribution in [3.8, 4) is 0 Å². The highest BCUT2D eigenvalue weighted by Crippen LogP contribution is 2.32. The summed E-state index contributed by atoms with van der Waals surface area (Å²) in [5, 5.41) is 9.32. The quantitative estimate of drug-likeness (QED) is 0.928. The van der Waals surface area contributed by atoms with Crippen LogP contribution in [0.2, 0.25) is 0 Å². The Labute approximate surface area is 121 Å². The van der Waals surface area contributed by atoms with Crippen LogP contribution in [0.25, 0.3) is 0 Å². The van der Waals surface area contributed by atoms with Crippen molar-refractivity contribution in [2.45, 2.75) is 63.6 Å². The third-order valence-electron chi connectivity index (χ3n) is 4.25. The van der Waals surface area contributed by atoms with Crippen LogP contribution in [-0.2, 0) is 16.6 Å². The van der Waals surface area contributed by atoms with Crippen LogP contribution < -0.4 is 0 Å². The molecule has 1 fully saturated rings. The highest BCUT2D eigenvalue weighted by atomic mass is 32.2. The molecule has 0 aliphatic carbocycles. The van der Waals surface area contributed by atoms with E-state index in [0.29, 0.717) is 10.5 Å². The van der Waals surface area contributed by atoms with Crippen LogP contribution in [0.4, 0.5) is 0 Å². The molecule has 2 unspecified atom stereocenters. The van der Waals surface area contributed by atoms with E-state index < -0.39 is 10.0 Å². The van der Waals surface area contributed by atoms with Crippen molar-refractivity contribution in [1.29, 1.82) is 0 Å². The van der Waals surface area contributed by atoms with Gasteiger partial charge in [-0.1, -0.05) is 13.0 Å². The summed E-state index contributed by atoms with van der Waals surface area (Å²) in [6, 6.07) is 5.14. The molecule has 0 saturated carbocycles. The molecule has 1 saturated heterocycles. The average molecular weight is 297 g/mol. The molecule has 2 rings (SSSR count). The number of nitrogens with zero attached hydrogens (tertiary/aromatic N) is 1. The maximum atomic E-state index is 12.8. The lowest BCUT2D eigenvalue weighted by molar-refractivity contribution is 0.280. The molecule has 0 amide bonds. The topological polar surface area (TPSA) is 57.6 Å². The van der Waals surface area contributed by atoms with E-state index in [0.717, 1.165) is 24.8 Å². The van der Waals surface area contributed by atoms with Crippen LogP contribution in [0.5, 0.6) is 0 Å². The molecule has 0 aromatic heterocycles. The van der Waals surface area contributed by atoms with E-state index in [-0.39, 0.29) is 18.7 Å². The van der Waals surface area contributed by atoms with E-state index >= 15 is 0 Å². The molecule has 1 aliphatic rings. The minimum Gasteiger partial charge on any atom is -0.392 e. The Morgan fingerprint density at radius 2 is 2.05 bits per heavy atom. The maximum absolute atomic E-state index is 12.8. The van der Waals surface area contributed by atoms with E-state index in [9.17, 15) is 13.5 Å². The zero-order valence-electron chi connectivity index (χ0n) is 12.3. The predicted molar refractivity (Wildman–Crippen MR) is 78.9 cm³/mol. The second-order valence-corrected chi connectivity index (χ2v) is 7.41. The second kappa shape index (κ2) is 5.84. The average Bonchev–Trinajstić information content (AvgIpc) is 2.80. The Hall–Kier alpha value is -0.910. The van der Waals surface area contributed by atoms with E-state index in [2.05, 4.69) is 0 Å². The molecule has 1 heterocycles. The molecule has 2 atom stereocenters. The molecule has 1 aromatic rings. The highest BCUT2D eigenvalue weighted by molar-refractivity contribution is 7.89. The van der Waals surface area contributed by atoms with Gasteiger partial charge in [0.05, 0.1) is 11.5 Å². The Morgan fingerprint density at radius 1 is 1.35 bits per heavy atom. The summed E-state index contributed by atoms with van der Waals surface area (Å²) in [6.45, 7) is 5.73. The first-order chi connectivity index (χ1) is 9.41. The normalized spacial score (nSPS) is 24.2. The number of hydrogen-bond donors (Lipinski definition) is 1. The molecular formula is C15H23NO3S. The van der Waals surface area contributed by atoms with Gasteiger partial charge in [0.15, 0.2) is 0 Å². The summed E-state index contributed by atoms with van der Waals surface area (Å²) in [5.74, 6) is 0. The van der Waals surface area contributed by atoms with Gasteiger partial charge in [-0.15, -0.1) is 0 Å².